The molecule has 1 aliphatic rings. The highest BCUT2D eigenvalue weighted by atomic mass is 16.6. The molecule has 0 saturated carbocycles. The summed E-state index contributed by atoms with van der Waals surface area (Å²) >= 11 is 0. The molecule has 6 rings (SSSR count). The van der Waals surface area contributed by atoms with Gasteiger partial charge in [0.05, 0.1) is 25.3 Å². The summed E-state index contributed by atoms with van der Waals surface area (Å²) in [6, 6.07) is 27.1. The number of benzene rings is 4. The highest BCUT2D eigenvalue weighted by molar-refractivity contribution is 6.06. The smallest absolute Gasteiger partial charge is 0.349 e. The average molecular weight is 624 g/mol. The van der Waals surface area contributed by atoms with Gasteiger partial charge >= 0.3 is 11.9 Å². The van der Waals surface area contributed by atoms with Crippen molar-refractivity contribution in [1.82, 2.24) is 14.0 Å². The van der Waals surface area contributed by atoms with E-state index in [0.717, 1.165) is 58.2 Å². The SMILES string of the molecule is CCCC1=Nc2ccc(C)cc2[N+]1(Cc1cc(OC)c(OC(C(=O)O)c2ccccc2)c(OC)c1)c1nc2ccccc2n1C.O. The van der Waals surface area contributed by atoms with Crippen molar-refractivity contribution in [3.05, 3.63) is 102 Å². The number of imidazole rings is 1. The number of carboxylic acid groups (broad SMARTS) is 1. The van der Waals surface area contributed by atoms with Gasteiger partial charge in [0.2, 0.25) is 17.7 Å². The Balaban J connectivity index is 0.00000417. The van der Waals surface area contributed by atoms with E-state index in [1.807, 2.05) is 36.4 Å². The lowest BCUT2D eigenvalue weighted by molar-refractivity contribution is -0.145. The number of fused-ring (bicyclic) bond motifs is 2. The Hall–Kier alpha value is -5.19. The summed E-state index contributed by atoms with van der Waals surface area (Å²) < 4.78 is 20.2. The van der Waals surface area contributed by atoms with Gasteiger partial charge in [0.1, 0.15) is 12.2 Å². The Kier molecular flexibility index (Phi) is 9.13. The summed E-state index contributed by atoms with van der Waals surface area (Å²) in [5, 5.41) is 10.1. The van der Waals surface area contributed by atoms with E-state index in [1.165, 1.54) is 14.2 Å². The first-order valence-electron chi connectivity index (χ1n) is 15.0. The van der Waals surface area contributed by atoms with Crippen LogP contribution in [0, 0.1) is 6.92 Å². The predicted molar refractivity (Wildman–Crippen MR) is 180 cm³/mol. The van der Waals surface area contributed by atoms with Crippen molar-refractivity contribution in [3.8, 4) is 17.2 Å². The minimum atomic E-state index is -1.25. The number of nitrogens with zero attached hydrogens (tertiary/aromatic N) is 4. The zero-order chi connectivity index (χ0) is 31.7. The molecule has 1 aliphatic heterocycles. The third-order valence-corrected chi connectivity index (χ3v) is 8.31. The Morgan fingerprint density at radius 1 is 0.957 bits per heavy atom. The number of aliphatic carboxylic acids is 1. The molecular formula is C36H39N4O6+. The molecule has 46 heavy (non-hydrogen) atoms. The van der Waals surface area contributed by atoms with Crippen LogP contribution in [0.3, 0.4) is 0 Å². The maximum absolute atomic E-state index is 12.3. The number of hydrogen-bond acceptors (Lipinski definition) is 6. The van der Waals surface area contributed by atoms with Gasteiger partial charge in [-0.3, -0.25) is 4.57 Å². The van der Waals surface area contributed by atoms with Crippen LogP contribution in [0.2, 0.25) is 0 Å². The zero-order valence-electron chi connectivity index (χ0n) is 26.7. The second kappa shape index (κ2) is 13.0. The minimum absolute atomic E-state index is 0. The van der Waals surface area contributed by atoms with E-state index in [1.54, 1.807) is 24.3 Å². The topological polar surface area (TPSA) is 127 Å². The van der Waals surface area contributed by atoms with E-state index in [0.29, 0.717) is 28.1 Å². The number of aromatic nitrogens is 2. The second-order valence-corrected chi connectivity index (χ2v) is 11.3. The summed E-state index contributed by atoms with van der Waals surface area (Å²) in [5.41, 5.74) is 6.42. The van der Waals surface area contributed by atoms with Crippen LogP contribution >= 0.6 is 0 Å². The first-order chi connectivity index (χ1) is 21.8. The van der Waals surface area contributed by atoms with Gasteiger partial charge in [0, 0.05) is 30.7 Å². The number of carboxylic acids is 1. The van der Waals surface area contributed by atoms with Gasteiger partial charge in [-0.25, -0.2) is 4.79 Å². The fourth-order valence-electron chi connectivity index (χ4n) is 6.23. The highest BCUT2D eigenvalue weighted by Crippen LogP contribution is 2.51. The maximum Gasteiger partial charge on any atom is 0.349 e. The van der Waals surface area contributed by atoms with Crippen LogP contribution in [0.25, 0.3) is 11.0 Å². The molecule has 10 nitrogen and oxygen atoms in total. The molecule has 3 N–H and O–H groups in total. The highest BCUT2D eigenvalue weighted by Gasteiger charge is 2.49. The number of rotatable bonds is 11. The van der Waals surface area contributed by atoms with E-state index in [2.05, 4.69) is 49.7 Å². The Morgan fingerprint density at radius 3 is 2.26 bits per heavy atom. The summed E-state index contributed by atoms with van der Waals surface area (Å²) in [4.78, 5) is 22.7. The van der Waals surface area contributed by atoms with E-state index < -0.39 is 12.1 Å². The van der Waals surface area contributed by atoms with Gasteiger partial charge in [-0.15, -0.1) is 0 Å². The van der Waals surface area contributed by atoms with Crippen molar-refractivity contribution in [2.45, 2.75) is 39.3 Å². The summed E-state index contributed by atoms with van der Waals surface area (Å²) in [7, 11) is 5.13. The Labute approximate surface area is 268 Å². The van der Waals surface area contributed by atoms with Gasteiger partial charge in [0.15, 0.2) is 17.2 Å². The molecule has 0 saturated heterocycles. The molecule has 0 bridgehead atoms. The number of para-hydroxylation sites is 2. The molecule has 0 spiro atoms. The molecule has 2 unspecified atom stereocenters. The monoisotopic (exact) mass is 623 g/mol. The number of aryl methyl sites for hydroxylation is 2. The largest absolute Gasteiger partial charge is 0.493 e. The van der Waals surface area contributed by atoms with Crippen molar-refractivity contribution >= 4 is 40.2 Å². The number of ether oxygens (including phenoxy) is 3. The number of aliphatic imine (C=N–C) groups is 1. The maximum atomic E-state index is 12.3. The zero-order valence-corrected chi connectivity index (χ0v) is 26.7. The first-order valence-corrected chi connectivity index (χ1v) is 15.0. The normalized spacial score (nSPS) is 15.9. The van der Waals surface area contributed by atoms with Crippen LogP contribution in [0.15, 0.2) is 89.9 Å². The molecular weight excluding hydrogens is 584 g/mol. The van der Waals surface area contributed by atoms with Gasteiger partial charge in [0.25, 0.3) is 0 Å². The molecule has 5 aromatic rings. The van der Waals surface area contributed by atoms with Crippen LogP contribution in [0.5, 0.6) is 17.2 Å². The van der Waals surface area contributed by atoms with Crippen molar-refractivity contribution < 1.29 is 29.6 Å². The average Bonchev–Trinajstić information content (AvgIpc) is 3.54. The number of methoxy groups -OCH3 is 2. The van der Waals surface area contributed by atoms with Crippen molar-refractivity contribution in [1.29, 1.82) is 0 Å². The first kappa shape index (κ1) is 32.2. The van der Waals surface area contributed by atoms with Gasteiger partial charge in [-0.2, -0.15) is 14.5 Å². The van der Waals surface area contributed by atoms with Crippen molar-refractivity contribution in [2.24, 2.45) is 12.0 Å². The minimum Gasteiger partial charge on any atom is -0.493 e. The van der Waals surface area contributed by atoms with Gasteiger partial charge < -0.3 is 24.8 Å². The summed E-state index contributed by atoms with van der Waals surface area (Å²) in [6.07, 6.45) is 0.421. The van der Waals surface area contributed by atoms with E-state index >= 15 is 0 Å². The van der Waals surface area contributed by atoms with E-state index in [9.17, 15) is 9.90 Å². The molecule has 10 heteroatoms. The number of hydrogen-bond donors (Lipinski definition) is 1. The van der Waals surface area contributed by atoms with Crippen LogP contribution in [-0.2, 0) is 18.4 Å². The van der Waals surface area contributed by atoms with Crippen LogP contribution in [0.4, 0.5) is 17.3 Å². The van der Waals surface area contributed by atoms with E-state index in [-0.39, 0.29) is 11.2 Å². The van der Waals surface area contributed by atoms with Crippen molar-refractivity contribution in [3.63, 3.8) is 0 Å². The lowest BCUT2D eigenvalue weighted by atomic mass is 10.1. The molecule has 4 aromatic carbocycles. The molecule has 0 fully saturated rings. The molecule has 1 aromatic heterocycles. The molecule has 2 heterocycles. The number of carbonyl (C=O) groups is 1. The predicted octanol–water partition coefficient (Wildman–Crippen LogP) is 6.96. The van der Waals surface area contributed by atoms with Crippen LogP contribution in [-0.4, -0.2) is 46.2 Å². The Bertz CT molecular complexity index is 1890. The van der Waals surface area contributed by atoms with Crippen LogP contribution in [0.1, 0.15) is 42.6 Å². The van der Waals surface area contributed by atoms with Gasteiger partial charge in [-0.1, -0.05) is 55.5 Å². The number of quaternary nitrogens is 1. The quantitative estimate of drug-likeness (QED) is 0.159. The molecule has 2 atom stereocenters. The third kappa shape index (κ3) is 5.46. The van der Waals surface area contributed by atoms with E-state index in [4.69, 9.17) is 24.2 Å². The molecule has 0 radical (unpaired) electrons. The molecule has 0 amide bonds. The lowest BCUT2D eigenvalue weighted by Gasteiger charge is -2.33. The molecule has 0 aliphatic carbocycles. The van der Waals surface area contributed by atoms with Crippen LogP contribution < -0.4 is 18.7 Å². The molecule has 238 valence electrons. The standard InChI is InChI=1S/C36H36N4O5.H2O/c1-6-12-32-37-27-18-17-23(2)19-29(27)40(32,36-38-26-15-10-11-16-28(26)39(36)3)22-24-20-30(43-4)34(31(21-24)44-5)45-33(35(41)42)25-13-8-7-9-14-25;/h7-11,13-21,33H,6,12,22H2,1-5H3;1H2/p+1. The Morgan fingerprint density at radius 2 is 1.63 bits per heavy atom. The summed E-state index contributed by atoms with van der Waals surface area (Å²) in [6.45, 7) is 4.70. The fraction of sp³-hybridized carbons (Fsp3) is 0.250. The third-order valence-electron chi connectivity index (χ3n) is 8.31. The second-order valence-electron chi connectivity index (χ2n) is 11.3. The van der Waals surface area contributed by atoms with Gasteiger partial charge in [-0.05, 0) is 49.2 Å². The summed E-state index contributed by atoms with van der Waals surface area (Å²) in [5.74, 6) is 1.67. The fourth-order valence-corrected chi connectivity index (χ4v) is 6.23. The van der Waals surface area contributed by atoms with Crippen molar-refractivity contribution in [2.75, 3.05) is 14.2 Å². The lowest BCUT2D eigenvalue weighted by Crippen LogP contribution is -2.48. The number of amidine groups is 1.